The number of aliphatic hydroxyl groups excluding tert-OH is 1. The molecule has 20 heavy (non-hydrogen) atoms. The fourth-order valence-corrected chi connectivity index (χ4v) is 2.85. The van der Waals surface area contributed by atoms with Crippen LogP contribution in [0.4, 0.5) is 4.39 Å². The summed E-state index contributed by atoms with van der Waals surface area (Å²) in [5, 5.41) is 11.1. The van der Waals surface area contributed by atoms with Gasteiger partial charge in [-0.1, -0.05) is 35.9 Å². The van der Waals surface area contributed by atoms with E-state index in [1.165, 1.54) is 6.07 Å². The van der Waals surface area contributed by atoms with Crippen molar-refractivity contribution in [2.75, 3.05) is 6.54 Å². The Morgan fingerprint density at radius 2 is 1.95 bits per heavy atom. The molecule has 2 nitrogen and oxygen atoms in total. The van der Waals surface area contributed by atoms with Gasteiger partial charge >= 0.3 is 0 Å². The Morgan fingerprint density at radius 1 is 1.25 bits per heavy atom. The second-order valence-corrected chi connectivity index (χ2v) is 5.71. The van der Waals surface area contributed by atoms with E-state index in [1.54, 1.807) is 30.3 Å². The van der Waals surface area contributed by atoms with Crippen molar-refractivity contribution in [1.29, 1.82) is 0 Å². The van der Waals surface area contributed by atoms with Gasteiger partial charge in [0.2, 0.25) is 0 Å². The maximum Gasteiger partial charge on any atom is 0.137 e. The van der Waals surface area contributed by atoms with Gasteiger partial charge < -0.3 is 10.8 Å². The molecule has 0 aliphatic carbocycles. The molecule has 0 saturated heterocycles. The molecule has 2 aromatic carbocycles. The van der Waals surface area contributed by atoms with Crippen molar-refractivity contribution < 1.29 is 9.50 Å². The molecule has 0 fully saturated rings. The molecule has 3 N–H and O–H groups in total. The van der Waals surface area contributed by atoms with E-state index >= 15 is 0 Å². The van der Waals surface area contributed by atoms with Crippen molar-refractivity contribution in [3.8, 4) is 0 Å². The predicted molar refractivity (Wildman–Crippen MR) is 82.3 cm³/mol. The van der Waals surface area contributed by atoms with Crippen molar-refractivity contribution in [2.45, 2.75) is 12.0 Å². The van der Waals surface area contributed by atoms with Crippen LogP contribution in [-0.4, -0.2) is 11.7 Å². The van der Waals surface area contributed by atoms with Crippen molar-refractivity contribution in [2.24, 2.45) is 5.73 Å². The lowest BCUT2D eigenvalue weighted by Gasteiger charge is -2.23. The van der Waals surface area contributed by atoms with Crippen LogP contribution < -0.4 is 5.73 Å². The minimum atomic E-state index is -0.913. The van der Waals surface area contributed by atoms with E-state index in [9.17, 15) is 9.50 Å². The molecule has 0 radical (unpaired) electrons. The fourth-order valence-electron chi connectivity index (χ4n) is 2.15. The first-order valence-corrected chi connectivity index (χ1v) is 7.29. The van der Waals surface area contributed by atoms with Gasteiger partial charge in [0.05, 0.1) is 10.6 Å². The van der Waals surface area contributed by atoms with E-state index in [-0.39, 0.29) is 16.9 Å². The van der Waals surface area contributed by atoms with Gasteiger partial charge in [-0.25, -0.2) is 4.39 Å². The van der Waals surface area contributed by atoms with E-state index < -0.39 is 11.9 Å². The number of nitrogens with two attached hydrogens (primary N) is 1. The highest BCUT2D eigenvalue weighted by atomic mass is 79.9. The molecule has 2 aromatic rings. The summed E-state index contributed by atoms with van der Waals surface area (Å²) in [6.07, 6.45) is -0.913. The summed E-state index contributed by atoms with van der Waals surface area (Å²) >= 11 is 9.12. The topological polar surface area (TPSA) is 46.2 Å². The van der Waals surface area contributed by atoms with Gasteiger partial charge in [0.25, 0.3) is 0 Å². The van der Waals surface area contributed by atoms with Crippen LogP contribution in [0.5, 0.6) is 0 Å². The quantitative estimate of drug-likeness (QED) is 0.867. The molecule has 0 amide bonds. The second kappa shape index (κ2) is 6.68. The van der Waals surface area contributed by atoms with Gasteiger partial charge in [-0.3, -0.25) is 0 Å². The first kappa shape index (κ1) is 15.4. The van der Waals surface area contributed by atoms with E-state index in [0.29, 0.717) is 10.6 Å². The summed E-state index contributed by atoms with van der Waals surface area (Å²) in [5.41, 5.74) is 7.06. The number of benzene rings is 2. The van der Waals surface area contributed by atoms with E-state index in [0.717, 1.165) is 5.56 Å². The maximum atomic E-state index is 13.6. The van der Waals surface area contributed by atoms with Gasteiger partial charge in [0.15, 0.2) is 0 Å². The van der Waals surface area contributed by atoms with Crippen molar-refractivity contribution in [3.63, 3.8) is 0 Å². The zero-order valence-electron chi connectivity index (χ0n) is 10.6. The molecule has 2 unspecified atom stereocenters. The standard InChI is InChI=1S/C15H14BrClFNO/c16-14-11(5-2-6-13(14)18)15(20)12(8-19)9-3-1-4-10(17)7-9/h1-7,12,15,20H,8,19H2. The SMILES string of the molecule is NCC(c1cccc(Cl)c1)C(O)c1cccc(F)c1Br. The molecule has 0 spiro atoms. The normalized spacial score (nSPS) is 14.1. The van der Waals surface area contributed by atoms with Crippen LogP contribution in [0.3, 0.4) is 0 Å². The highest BCUT2D eigenvalue weighted by Gasteiger charge is 2.24. The first-order valence-electron chi connectivity index (χ1n) is 6.12. The van der Waals surface area contributed by atoms with Gasteiger partial charge in [0.1, 0.15) is 5.82 Å². The highest BCUT2D eigenvalue weighted by Crippen LogP contribution is 2.35. The van der Waals surface area contributed by atoms with E-state index in [4.69, 9.17) is 17.3 Å². The molecule has 106 valence electrons. The van der Waals surface area contributed by atoms with Crippen LogP contribution >= 0.6 is 27.5 Å². The third kappa shape index (κ3) is 3.20. The number of rotatable bonds is 4. The van der Waals surface area contributed by atoms with Crippen LogP contribution in [0.15, 0.2) is 46.9 Å². The molecular formula is C15H14BrClFNO. The van der Waals surface area contributed by atoms with Gasteiger partial charge in [0, 0.05) is 17.5 Å². The number of hydrogen-bond acceptors (Lipinski definition) is 2. The summed E-state index contributed by atoms with van der Waals surface area (Å²) < 4.78 is 13.8. The molecule has 2 rings (SSSR count). The average molecular weight is 359 g/mol. The summed E-state index contributed by atoms with van der Waals surface area (Å²) in [5.74, 6) is -0.768. The van der Waals surface area contributed by atoms with Crippen LogP contribution in [0.25, 0.3) is 0 Å². The molecule has 0 aliphatic rings. The van der Waals surface area contributed by atoms with Crippen LogP contribution in [0.1, 0.15) is 23.1 Å². The number of aliphatic hydroxyl groups is 1. The molecule has 0 aliphatic heterocycles. The Balaban J connectivity index is 2.39. The lowest BCUT2D eigenvalue weighted by molar-refractivity contribution is 0.146. The molecule has 0 aromatic heterocycles. The summed E-state index contributed by atoms with van der Waals surface area (Å²) in [4.78, 5) is 0. The number of halogens is 3. The van der Waals surface area contributed by atoms with Crippen LogP contribution in [0, 0.1) is 5.82 Å². The minimum Gasteiger partial charge on any atom is -0.388 e. The Bertz CT molecular complexity index is 608. The van der Waals surface area contributed by atoms with Gasteiger partial charge in [-0.2, -0.15) is 0 Å². The lowest BCUT2D eigenvalue weighted by Crippen LogP contribution is -2.20. The molecular weight excluding hydrogens is 345 g/mol. The fraction of sp³-hybridized carbons (Fsp3) is 0.200. The van der Waals surface area contributed by atoms with E-state index in [1.807, 2.05) is 6.07 Å². The molecule has 2 atom stereocenters. The monoisotopic (exact) mass is 357 g/mol. The van der Waals surface area contributed by atoms with Gasteiger partial charge in [-0.15, -0.1) is 0 Å². The highest BCUT2D eigenvalue weighted by molar-refractivity contribution is 9.10. The smallest absolute Gasteiger partial charge is 0.137 e. The molecule has 5 heteroatoms. The largest absolute Gasteiger partial charge is 0.388 e. The summed E-state index contributed by atoms with van der Waals surface area (Å²) in [7, 11) is 0. The number of hydrogen-bond donors (Lipinski definition) is 2. The second-order valence-electron chi connectivity index (χ2n) is 4.49. The Labute approximate surface area is 130 Å². The van der Waals surface area contributed by atoms with Crippen LogP contribution in [-0.2, 0) is 0 Å². The van der Waals surface area contributed by atoms with Gasteiger partial charge in [-0.05, 0) is 45.3 Å². The third-order valence-corrected chi connectivity index (χ3v) is 4.28. The van der Waals surface area contributed by atoms with Crippen molar-refractivity contribution in [3.05, 3.63) is 68.9 Å². The summed E-state index contributed by atoms with van der Waals surface area (Å²) in [6, 6.07) is 11.7. The third-order valence-electron chi connectivity index (χ3n) is 3.21. The zero-order chi connectivity index (χ0) is 14.7. The predicted octanol–water partition coefficient (Wildman–Crippen LogP) is 4.02. The zero-order valence-corrected chi connectivity index (χ0v) is 12.9. The maximum absolute atomic E-state index is 13.6. The Kier molecular flexibility index (Phi) is 5.16. The van der Waals surface area contributed by atoms with Crippen molar-refractivity contribution >= 4 is 27.5 Å². The molecule has 0 saturated carbocycles. The van der Waals surface area contributed by atoms with Crippen molar-refractivity contribution in [1.82, 2.24) is 0 Å². The summed E-state index contributed by atoms with van der Waals surface area (Å²) in [6.45, 7) is 0.227. The van der Waals surface area contributed by atoms with E-state index in [2.05, 4.69) is 15.9 Å². The lowest BCUT2D eigenvalue weighted by atomic mass is 9.89. The minimum absolute atomic E-state index is 0.227. The average Bonchev–Trinajstić information content (AvgIpc) is 2.42. The molecule has 0 bridgehead atoms. The first-order chi connectivity index (χ1) is 9.54. The Hall–Kier alpha value is -0.940. The van der Waals surface area contributed by atoms with Crippen LogP contribution in [0.2, 0.25) is 5.02 Å². The Morgan fingerprint density at radius 3 is 2.60 bits per heavy atom. The molecule has 0 heterocycles.